The van der Waals surface area contributed by atoms with E-state index in [9.17, 15) is 4.55 Å². The normalized spacial score (nSPS) is 13.2. The molecular formula is C24H22N3O3S2+. The molecule has 0 spiro atoms. The minimum absolute atomic E-state index is 0.526. The number of benzene rings is 2. The van der Waals surface area contributed by atoms with Crippen LogP contribution in [0.15, 0.2) is 65.7 Å². The van der Waals surface area contributed by atoms with Crippen LogP contribution in [0.1, 0.15) is 10.4 Å². The van der Waals surface area contributed by atoms with Crippen LogP contribution in [0.2, 0.25) is 0 Å². The first-order valence-electron chi connectivity index (χ1n) is 10.1. The Labute approximate surface area is 193 Å². The number of hydrogen-bond acceptors (Lipinski definition) is 7. The molecule has 2 aromatic carbocycles. The van der Waals surface area contributed by atoms with Gasteiger partial charge in [0.05, 0.1) is 19.9 Å². The molecule has 8 heteroatoms. The number of aryl methyl sites for hydroxylation is 2. The summed E-state index contributed by atoms with van der Waals surface area (Å²) in [5.41, 5.74) is 5.24. The summed E-state index contributed by atoms with van der Waals surface area (Å²) in [7, 11) is 3.17. The number of rotatable bonds is 6. The molecule has 4 aromatic rings. The van der Waals surface area contributed by atoms with Gasteiger partial charge in [-0.15, -0.1) is 20.1 Å². The van der Waals surface area contributed by atoms with Crippen molar-refractivity contribution in [3.05, 3.63) is 71.2 Å². The Bertz CT molecular complexity index is 1280. The third-order valence-corrected chi connectivity index (χ3v) is 7.57. The summed E-state index contributed by atoms with van der Waals surface area (Å²) in [4.78, 5) is 12.6. The molecule has 162 valence electrons. The van der Waals surface area contributed by atoms with Gasteiger partial charge in [0.2, 0.25) is 10.8 Å². The molecule has 1 atom stereocenters. The molecule has 1 aliphatic carbocycles. The lowest BCUT2D eigenvalue weighted by Crippen LogP contribution is -2.07. The molecule has 1 unspecified atom stereocenters. The van der Waals surface area contributed by atoms with Gasteiger partial charge in [-0.05, 0) is 48.2 Å². The third kappa shape index (κ3) is 4.10. The highest BCUT2D eigenvalue weighted by atomic mass is 32.2. The Hall–Kier alpha value is -2.91. The number of hydrogen-bond donors (Lipinski definition) is 2. The van der Waals surface area contributed by atoms with Gasteiger partial charge in [0.1, 0.15) is 5.75 Å². The second-order valence-electron chi connectivity index (χ2n) is 7.32. The molecule has 1 aliphatic rings. The van der Waals surface area contributed by atoms with E-state index < -0.39 is 11.5 Å². The predicted molar refractivity (Wildman–Crippen MR) is 130 cm³/mol. The van der Waals surface area contributed by atoms with Gasteiger partial charge >= 0.3 is 11.5 Å². The lowest BCUT2D eigenvalue weighted by molar-refractivity contribution is 0.408. The van der Waals surface area contributed by atoms with E-state index in [1.165, 1.54) is 22.4 Å². The van der Waals surface area contributed by atoms with Crippen LogP contribution in [0, 0.1) is 0 Å². The number of fused-ring (bicyclic) bond motifs is 3. The minimum atomic E-state index is -1.25. The zero-order chi connectivity index (χ0) is 22.1. The molecule has 2 N–H and O–H groups in total. The summed E-state index contributed by atoms with van der Waals surface area (Å²) < 4.78 is 20.4. The molecular weight excluding hydrogens is 442 g/mol. The van der Waals surface area contributed by atoms with Crippen molar-refractivity contribution in [2.24, 2.45) is 0 Å². The van der Waals surface area contributed by atoms with Crippen molar-refractivity contribution in [3.8, 4) is 27.4 Å². The molecule has 0 radical (unpaired) electrons. The fraction of sp³-hybridized carbons (Fsp3) is 0.167. The highest BCUT2D eigenvalue weighted by Gasteiger charge is 2.23. The first-order valence-corrected chi connectivity index (χ1v) is 12.1. The Morgan fingerprint density at radius 2 is 1.94 bits per heavy atom. The lowest BCUT2D eigenvalue weighted by Gasteiger charge is -2.16. The Morgan fingerprint density at radius 3 is 2.78 bits per heavy atom. The monoisotopic (exact) mass is 464 g/mol. The van der Waals surface area contributed by atoms with Gasteiger partial charge in [-0.3, -0.25) is 0 Å². The Balaban J connectivity index is 1.47. The second-order valence-corrected chi connectivity index (χ2v) is 9.76. The number of nitrogens with zero attached hydrogens (tertiary/aromatic N) is 2. The smallest absolute Gasteiger partial charge is 0.353 e. The molecule has 0 aliphatic heterocycles. The molecule has 0 saturated carbocycles. The molecule has 2 aromatic heterocycles. The Morgan fingerprint density at radius 1 is 1.06 bits per heavy atom. The largest absolute Gasteiger partial charge is 0.497 e. The van der Waals surface area contributed by atoms with E-state index in [2.05, 4.69) is 28.5 Å². The summed E-state index contributed by atoms with van der Waals surface area (Å²) in [6, 6.07) is 17.8. The average molecular weight is 465 g/mol. The summed E-state index contributed by atoms with van der Waals surface area (Å²) in [6.45, 7) is 0. The average Bonchev–Trinajstić information content (AvgIpc) is 3.29. The van der Waals surface area contributed by atoms with Crippen LogP contribution < -0.4 is 10.1 Å². The zero-order valence-corrected chi connectivity index (χ0v) is 19.3. The molecule has 0 bridgehead atoms. The van der Waals surface area contributed by atoms with Crippen molar-refractivity contribution in [2.75, 3.05) is 19.5 Å². The van der Waals surface area contributed by atoms with Crippen molar-refractivity contribution in [2.45, 2.75) is 17.7 Å². The van der Waals surface area contributed by atoms with Gasteiger partial charge in [-0.2, -0.15) is 0 Å². The van der Waals surface area contributed by atoms with Gasteiger partial charge in [0, 0.05) is 39.3 Å². The van der Waals surface area contributed by atoms with E-state index in [0.29, 0.717) is 10.8 Å². The van der Waals surface area contributed by atoms with E-state index in [4.69, 9.17) is 13.9 Å². The quantitative estimate of drug-likeness (QED) is 0.355. The maximum absolute atomic E-state index is 9.96. The highest BCUT2D eigenvalue weighted by molar-refractivity contribution is 7.86. The lowest BCUT2D eigenvalue weighted by atomic mass is 9.96. The molecule has 0 fully saturated rings. The van der Waals surface area contributed by atoms with Gasteiger partial charge in [0.15, 0.2) is 0 Å². The van der Waals surface area contributed by atoms with Crippen LogP contribution in [-0.4, -0.2) is 28.7 Å². The van der Waals surface area contributed by atoms with Gasteiger partial charge < -0.3 is 10.1 Å². The third-order valence-electron chi connectivity index (χ3n) is 5.35. The van der Waals surface area contributed by atoms with Crippen molar-refractivity contribution in [1.29, 1.82) is 0 Å². The van der Waals surface area contributed by atoms with Crippen LogP contribution in [0.4, 0.5) is 11.6 Å². The van der Waals surface area contributed by atoms with E-state index in [-0.39, 0.29) is 0 Å². The predicted octanol–water partition coefficient (Wildman–Crippen LogP) is 5.73. The fourth-order valence-corrected chi connectivity index (χ4v) is 5.54. The van der Waals surface area contributed by atoms with Crippen LogP contribution in [0.5, 0.6) is 5.75 Å². The van der Waals surface area contributed by atoms with Crippen LogP contribution >= 0.6 is 11.3 Å². The van der Waals surface area contributed by atoms with Crippen molar-refractivity contribution >= 4 is 34.4 Å². The summed E-state index contributed by atoms with van der Waals surface area (Å²) >= 11 is 0.565. The van der Waals surface area contributed by atoms with Crippen molar-refractivity contribution in [3.63, 3.8) is 0 Å². The molecule has 6 nitrogen and oxygen atoms in total. The van der Waals surface area contributed by atoms with E-state index >= 15 is 0 Å². The number of ether oxygens (including phenoxy) is 1. The fourth-order valence-electron chi connectivity index (χ4n) is 3.77. The van der Waals surface area contributed by atoms with Gasteiger partial charge in [-0.25, -0.2) is 9.97 Å². The molecule has 0 amide bonds. The molecule has 5 rings (SSSR count). The maximum Gasteiger partial charge on any atom is 0.353 e. The number of thiophene rings is 1. The summed E-state index contributed by atoms with van der Waals surface area (Å²) in [5.74, 6) is 1.38. The first kappa shape index (κ1) is 21.0. The second kappa shape index (κ2) is 8.91. The Kier molecular flexibility index (Phi) is 5.84. The number of aromatic nitrogens is 2. The van der Waals surface area contributed by atoms with E-state index in [0.717, 1.165) is 41.1 Å². The van der Waals surface area contributed by atoms with Gasteiger partial charge in [-0.1, -0.05) is 18.2 Å². The van der Waals surface area contributed by atoms with E-state index in [1.54, 1.807) is 7.11 Å². The van der Waals surface area contributed by atoms with Crippen LogP contribution in [-0.2, 0) is 28.5 Å². The zero-order valence-electron chi connectivity index (χ0n) is 17.7. The minimum Gasteiger partial charge on any atom is -0.497 e. The molecule has 32 heavy (non-hydrogen) atoms. The maximum atomic E-state index is 9.96. The molecule has 2 heterocycles. The SMILES string of the molecule is COc1cccc(-c2cc3c(s2)CCc2cnc(Nc4cccc([S+](O)OC)c4)nc2-3)c1. The summed E-state index contributed by atoms with van der Waals surface area (Å²) in [5, 5.41) is 3.26. The topological polar surface area (TPSA) is 76.5 Å². The standard InChI is InChI=1S/C24H22N3O3S2/c1-29-18-7-3-5-15(11-18)22-13-20-21(31-22)10-9-16-14-25-24(27-23(16)20)26-17-6-4-8-19(12-17)32(28)30-2/h3-8,11-14,28H,9-10H2,1-2H3,(H,25,26,27)/q+1. The van der Waals surface area contributed by atoms with Gasteiger partial charge in [0.25, 0.3) is 0 Å². The highest BCUT2D eigenvalue weighted by Crippen LogP contribution is 2.42. The number of anilines is 2. The van der Waals surface area contributed by atoms with Crippen LogP contribution in [0.25, 0.3) is 21.7 Å². The molecule has 0 saturated heterocycles. The summed E-state index contributed by atoms with van der Waals surface area (Å²) in [6.07, 6.45) is 3.83. The first-order chi connectivity index (χ1) is 15.6. The number of methoxy groups -OCH3 is 1. The van der Waals surface area contributed by atoms with Crippen LogP contribution in [0.3, 0.4) is 0 Å². The van der Waals surface area contributed by atoms with E-state index in [1.807, 2.05) is 53.9 Å². The van der Waals surface area contributed by atoms with Crippen molar-refractivity contribution < 1.29 is 13.5 Å². The van der Waals surface area contributed by atoms with Crippen molar-refractivity contribution in [1.82, 2.24) is 9.97 Å². The number of nitrogens with one attached hydrogen (secondary N) is 1.